The van der Waals surface area contributed by atoms with Crippen LogP contribution in [0.1, 0.15) is 11.1 Å². The van der Waals surface area contributed by atoms with Gasteiger partial charge in [-0.25, -0.2) is 9.59 Å². The molecule has 10 nitrogen and oxygen atoms in total. The van der Waals surface area contributed by atoms with Crippen LogP contribution < -0.4 is 32.7 Å². The largest absolute Gasteiger partial charge is 0.384 e. The standard InChI is InChI=1S/C24H26N8O2.ClH/c1-27-21(25)15-3-7-17(8-4-15)29-23(33)31-19-11-13-20(14-12-19)32-24(34)30-18-9-5-16(6-10-18)22(26)28-2;/h3-14H,1-2H3,(H2,25,27)(H2,26,28)(H2,29,31,33)(H2,30,32,34);1H. The Balaban J connectivity index is 0.00000432. The number of nitrogens with two attached hydrogens (primary N) is 2. The predicted molar refractivity (Wildman–Crippen MR) is 145 cm³/mol. The van der Waals surface area contributed by atoms with Crippen LogP contribution in [0.2, 0.25) is 0 Å². The molecule has 3 aromatic rings. The number of carbonyl (C=O) groups excluding carboxylic acids is 2. The monoisotopic (exact) mass is 494 g/mol. The van der Waals surface area contributed by atoms with Gasteiger partial charge in [0.15, 0.2) is 0 Å². The molecule has 3 rings (SSSR count). The molecule has 0 atom stereocenters. The maximum absolute atomic E-state index is 12.2. The van der Waals surface area contributed by atoms with E-state index in [0.29, 0.717) is 34.4 Å². The lowest BCUT2D eigenvalue weighted by Crippen LogP contribution is -2.20. The minimum absolute atomic E-state index is 0. The van der Waals surface area contributed by atoms with Gasteiger partial charge in [-0.1, -0.05) is 0 Å². The Morgan fingerprint density at radius 3 is 1.00 bits per heavy atom. The van der Waals surface area contributed by atoms with Crippen LogP contribution in [0.5, 0.6) is 0 Å². The number of amidine groups is 2. The predicted octanol–water partition coefficient (Wildman–Crippen LogP) is 4.07. The van der Waals surface area contributed by atoms with Crippen molar-refractivity contribution in [2.75, 3.05) is 35.4 Å². The van der Waals surface area contributed by atoms with Crippen LogP contribution in [0.4, 0.5) is 32.3 Å². The van der Waals surface area contributed by atoms with Crippen LogP contribution in [0.15, 0.2) is 82.8 Å². The van der Waals surface area contributed by atoms with E-state index in [-0.39, 0.29) is 12.4 Å². The Hall–Kier alpha value is -4.57. The summed E-state index contributed by atoms with van der Waals surface area (Å²) in [4.78, 5) is 32.3. The topological polar surface area (TPSA) is 159 Å². The van der Waals surface area contributed by atoms with E-state index in [0.717, 1.165) is 11.1 Å². The third kappa shape index (κ3) is 7.76. The van der Waals surface area contributed by atoms with Crippen LogP contribution in [0, 0.1) is 0 Å². The number of halogens is 1. The number of hydrogen-bond donors (Lipinski definition) is 6. The number of amides is 4. The minimum atomic E-state index is -0.402. The highest BCUT2D eigenvalue weighted by molar-refractivity contribution is 6.02. The first kappa shape index (κ1) is 26.7. The molecule has 0 aliphatic rings. The Bertz CT molecular complexity index is 1110. The molecule has 3 aromatic carbocycles. The van der Waals surface area contributed by atoms with E-state index in [1.165, 1.54) is 0 Å². The van der Waals surface area contributed by atoms with Gasteiger partial charge in [-0.15, -0.1) is 12.4 Å². The molecular formula is C24H27ClN8O2. The second-order valence-corrected chi connectivity index (χ2v) is 7.11. The van der Waals surface area contributed by atoms with E-state index in [4.69, 9.17) is 11.5 Å². The number of nitrogens with one attached hydrogen (secondary N) is 4. The molecule has 4 amide bonds. The van der Waals surface area contributed by atoms with Crippen molar-refractivity contribution in [1.82, 2.24) is 0 Å². The molecule has 0 bridgehead atoms. The first-order valence-corrected chi connectivity index (χ1v) is 10.3. The molecule has 0 radical (unpaired) electrons. The van der Waals surface area contributed by atoms with Crippen molar-refractivity contribution in [3.8, 4) is 0 Å². The van der Waals surface area contributed by atoms with Gasteiger partial charge < -0.3 is 32.7 Å². The van der Waals surface area contributed by atoms with Gasteiger partial charge in [0.25, 0.3) is 0 Å². The second-order valence-electron chi connectivity index (χ2n) is 7.11. The maximum Gasteiger partial charge on any atom is 0.323 e. The molecule has 11 heteroatoms. The zero-order valence-corrected chi connectivity index (χ0v) is 20.0. The molecule has 0 heterocycles. The normalized spacial score (nSPS) is 11.1. The number of carbonyl (C=O) groups is 2. The van der Waals surface area contributed by atoms with E-state index in [9.17, 15) is 9.59 Å². The molecule has 8 N–H and O–H groups in total. The molecule has 0 saturated carbocycles. The van der Waals surface area contributed by atoms with Gasteiger partial charge in [0.2, 0.25) is 0 Å². The molecule has 0 fully saturated rings. The quantitative estimate of drug-likeness (QED) is 0.225. The number of rotatable bonds is 6. The van der Waals surface area contributed by atoms with Gasteiger partial charge in [-0.3, -0.25) is 9.98 Å². The molecule has 0 aliphatic heterocycles. The number of benzene rings is 3. The van der Waals surface area contributed by atoms with Gasteiger partial charge in [0.1, 0.15) is 11.7 Å². The molecule has 35 heavy (non-hydrogen) atoms. The van der Waals surface area contributed by atoms with Crippen molar-refractivity contribution in [3.63, 3.8) is 0 Å². The highest BCUT2D eigenvalue weighted by Gasteiger charge is 2.06. The molecule has 0 spiro atoms. The Labute approximate surface area is 209 Å². The first-order valence-electron chi connectivity index (χ1n) is 10.3. The SMILES string of the molecule is CN=C(N)c1ccc(NC(=O)Nc2ccc(NC(=O)Nc3ccc(C(N)=NC)cc3)cc2)cc1.Cl. The third-order valence-corrected chi connectivity index (χ3v) is 4.76. The van der Waals surface area contributed by atoms with E-state index in [2.05, 4.69) is 31.3 Å². The van der Waals surface area contributed by atoms with Gasteiger partial charge in [0.05, 0.1) is 0 Å². The van der Waals surface area contributed by atoms with Crippen molar-refractivity contribution < 1.29 is 9.59 Å². The summed E-state index contributed by atoms with van der Waals surface area (Å²) < 4.78 is 0. The number of nitrogens with zero attached hydrogens (tertiary/aromatic N) is 2. The Morgan fingerprint density at radius 1 is 0.543 bits per heavy atom. The van der Waals surface area contributed by atoms with E-state index in [1.807, 2.05) is 0 Å². The van der Waals surface area contributed by atoms with Gasteiger partial charge in [-0.05, 0) is 72.8 Å². The zero-order valence-electron chi connectivity index (χ0n) is 19.2. The average Bonchev–Trinajstić information content (AvgIpc) is 2.85. The fourth-order valence-electron chi connectivity index (χ4n) is 2.93. The van der Waals surface area contributed by atoms with Gasteiger partial charge >= 0.3 is 12.1 Å². The summed E-state index contributed by atoms with van der Waals surface area (Å²) in [5, 5.41) is 10.9. The summed E-state index contributed by atoms with van der Waals surface area (Å²) in [6, 6.07) is 19.9. The molecular weight excluding hydrogens is 468 g/mol. The minimum Gasteiger partial charge on any atom is -0.384 e. The molecule has 0 unspecified atom stereocenters. The summed E-state index contributed by atoms with van der Waals surface area (Å²) in [6.45, 7) is 0. The molecule has 182 valence electrons. The number of hydrogen-bond acceptors (Lipinski definition) is 4. The maximum atomic E-state index is 12.2. The fraction of sp³-hybridized carbons (Fsp3) is 0.0833. The lowest BCUT2D eigenvalue weighted by Gasteiger charge is -2.10. The van der Waals surface area contributed by atoms with Gasteiger partial charge in [0, 0.05) is 48.0 Å². The summed E-state index contributed by atoms with van der Waals surface area (Å²) >= 11 is 0. The van der Waals surface area contributed by atoms with Crippen LogP contribution in [0.3, 0.4) is 0 Å². The summed E-state index contributed by atoms with van der Waals surface area (Å²) in [7, 11) is 3.22. The van der Waals surface area contributed by atoms with Crippen LogP contribution in [0.25, 0.3) is 0 Å². The van der Waals surface area contributed by atoms with Crippen molar-refractivity contribution in [1.29, 1.82) is 0 Å². The zero-order chi connectivity index (χ0) is 24.5. The number of urea groups is 2. The summed E-state index contributed by atoms with van der Waals surface area (Å²) in [6.07, 6.45) is 0. The highest BCUT2D eigenvalue weighted by Crippen LogP contribution is 2.16. The van der Waals surface area contributed by atoms with E-state index in [1.54, 1.807) is 86.9 Å². The lowest BCUT2D eigenvalue weighted by molar-refractivity contribution is 0.261. The van der Waals surface area contributed by atoms with Crippen molar-refractivity contribution in [2.24, 2.45) is 21.5 Å². The summed E-state index contributed by atoms with van der Waals surface area (Å²) in [5.74, 6) is 0.840. The van der Waals surface area contributed by atoms with Gasteiger partial charge in [-0.2, -0.15) is 0 Å². The number of aliphatic imine (C=N–C) groups is 2. The van der Waals surface area contributed by atoms with E-state index < -0.39 is 12.1 Å². The number of anilines is 4. The van der Waals surface area contributed by atoms with Crippen molar-refractivity contribution in [2.45, 2.75) is 0 Å². The second kappa shape index (κ2) is 12.6. The highest BCUT2D eigenvalue weighted by atomic mass is 35.5. The van der Waals surface area contributed by atoms with Crippen LogP contribution in [-0.2, 0) is 0 Å². The fourth-order valence-corrected chi connectivity index (χ4v) is 2.93. The van der Waals surface area contributed by atoms with Crippen LogP contribution >= 0.6 is 12.4 Å². The Morgan fingerprint density at radius 2 is 0.771 bits per heavy atom. The molecule has 0 aliphatic carbocycles. The smallest absolute Gasteiger partial charge is 0.323 e. The average molecular weight is 495 g/mol. The van der Waals surface area contributed by atoms with Crippen molar-refractivity contribution in [3.05, 3.63) is 83.9 Å². The lowest BCUT2D eigenvalue weighted by atomic mass is 10.2. The van der Waals surface area contributed by atoms with E-state index >= 15 is 0 Å². The third-order valence-electron chi connectivity index (χ3n) is 4.76. The van der Waals surface area contributed by atoms with Crippen molar-refractivity contribution >= 4 is 58.9 Å². The first-order chi connectivity index (χ1) is 16.4. The summed E-state index contributed by atoms with van der Waals surface area (Å²) in [5.41, 5.74) is 15.4. The molecule has 0 saturated heterocycles. The van der Waals surface area contributed by atoms with Crippen LogP contribution in [-0.4, -0.2) is 37.8 Å². The molecule has 0 aromatic heterocycles. The Kier molecular flexibility index (Phi) is 9.61.